The second-order valence-electron chi connectivity index (χ2n) is 3.33. The predicted molar refractivity (Wildman–Crippen MR) is 54.7 cm³/mol. The van der Waals surface area contributed by atoms with Gasteiger partial charge in [0.2, 0.25) is 5.91 Å². The molecule has 0 saturated carbocycles. The number of nitrogens with zero attached hydrogens (tertiary/aromatic N) is 1. The summed E-state index contributed by atoms with van der Waals surface area (Å²) in [7, 11) is 0. The molecule has 5 heteroatoms. The van der Waals surface area contributed by atoms with Gasteiger partial charge in [0.05, 0.1) is 0 Å². The van der Waals surface area contributed by atoms with E-state index in [9.17, 15) is 4.79 Å². The van der Waals surface area contributed by atoms with Gasteiger partial charge < -0.3 is 11.2 Å². The molecule has 5 N–H and O–H groups in total. The summed E-state index contributed by atoms with van der Waals surface area (Å²) in [6.45, 7) is 3.96. The van der Waals surface area contributed by atoms with Crippen molar-refractivity contribution in [2.24, 2.45) is 11.6 Å². The highest BCUT2D eigenvalue weighted by Gasteiger charge is 2.08. The van der Waals surface area contributed by atoms with Crippen molar-refractivity contribution in [3.63, 3.8) is 0 Å². The Morgan fingerprint density at radius 2 is 2.14 bits per heavy atom. The van der Waals surface area contributed by atoms with Crippen LogP contribution in [0.15, 0.2) is 12.1 Å². The topological polar surface area (TPSA) is 94.0 Å². The summed E-state index contributed by atoms with van der Waals surface area (Å²) in [6.07, 6.45) is 0. The minimum absolute atomic E-state index is 0.224. The highest BCUT2D eigenvalue weighted by Crippen LogP contribution is 2.16. The maximum Gasteiger partial charge on any atom is 0.248 e. The van der Waals surface area contributed by atoms with Crippen molar-refractivity contribution in [1.82, 2.24) is 4.98 Å². The van der Waals surface area contributed by atoms with E-state index in [0.29, 0.717) is 11.4 Å². The minimum Gasteiger partial charge on any atom is -0.366 e. The third-order valence-electron chi connectivity index (χ3n) is 1.87. The third kappa shape index (κ3) is 2.20. The van der Waals surface area contributed by atoms with Gasteiger partial charge in [0.1, 0.15) is 5.82 Å². The van der Waals surface area contributed by atoms with Crippen molar-refractivity contribution in [1.29, 1.82) is 0 Å². The fourth-order valence-electron chi connectivity index (χ4n) is 1.06. The van der Waals surface area contributed by atoms with Crippen LogP contribution in [-0.2, 0) is 0 Å². The molecule has 76 valence electrons. The van der Waals surface area contributed by atoms with E-state index < -0.39 is 5.91 Å². The number of carbonyl (C=O) groups excluding carboxylic acids is 1. The number of hydrogen-bond acceptors (Lipinski definition) is 4. The summed E-state index contributed by atoms with van der Waals surface area (Å²) < 4.78 is 0. The highest BCUT2D eigenvalue weighted by molar-refractivity contribution is 5.93. The van der Waals surface area contributed by atoms with Gasteiger partial charge in [-0.1, -0.05) is 13.8 Å². The quantitative estimate of drug-likeness (QED) is 0.485. The summed E-state index contributed by atoms with van der Waals surface area (Å²) in [5, 5.41) is 0. The molecule has 0 aliphatic carbocycles. The molecule has 0 saturated heterocycles. The molecule has 0 aromatic carbocycles. The van der Waals surface area contributed by atoms with Crippen LogP contribution < -0.4 is 17.0 Å². The van der Waals surface area contributed by atoms with Crippen LogP contribution in [0.2, 0.25) is 0 Å². The maximum atomic E-state index is 11.0. The van der Waals surface area contributed by atoms with Crippen molar-refractivity contribution in [3.05, 3.63) is 23.4 Å². The number of pyridine rings is 1. The Kier molecular flexibility index (Phi) is 3.03. The fourth-order valence-corrected chi connectivity index (χ4v) is 1.06. The molecule has 0 atom stereocenters. The van der Waals surface area contributed by atoms with Crippen molar-refractivity contribution in [2.45, 2.75) is 19.8 Å². The van der Waals surface area contributed by atoms with Gasteiger partial charge in [0.25, 0.3) is 0 Å². The van der Waals surface area contributed by atoms with Crippen LogP contribution in [0.4, 0.5) is 5.82 Å². The zero-order chi connectivity index (χ0) is 10.7. The average molecular weight is 194 g/mol. The molecule has 1 rings (SSSR count). The van der Waals surface area contributed by atoms with E-state index in [1.54, 1.807) is 6.07 Å². The Hall–Kier alpha value is -1.62. The van der Waals surface area contributed by atoms with E-state index in [1.165, 1.54) is 6.07 Å². The van der Waals surface area contributed by atoms with E-state index in [1.807, 2.05) is 13.8 Å². The first-order valence-corrected chi connectivity index (χ1v) is 4.33. The Balaban J connectivity index is 3.20. The molecule has 0 bridgehead atoms. The number of hydrogen-bond donors (Lipinski definition) is 3. The number of hydrazine groups is 1. The molecule has 1 amide bonds. The van der Waals surface area contributed by atoms with Crippen molar-refractivity contribution < 1.29 is 4.79 Å². The number of carbonyl (C=O) groups is 1. The van der Waals surface area contributed by atoms with Gasteiger partial charge >= 0.3 is 0 Å². The summed E-state index contributed by atoms with van der Waals surface area (Å²) in [5.41, 5.74) is 8.77. The normalized spacial score (nSPS) is 10.3. The molecule has 14 heavy (non-hydrogen) atoms. The summed E-state index contributed by atoms with van der Waals surface area (Å²) in [6, 6.07) is 3.20. The van der Waals surface area contributed by atoms with Crippen molar-refractivity contribution in [3.8, 4) is 0 Å². The lowest BCUT2D eigenvalue weighted by Crippen LogP contribution is -2.15. The molecular formula is C9H14N4O. The van der Waals surface area contributed by atoms with Crippen molar-refractivity contribution >= 4 is 11.7 Å². The number of anilines is 1. The van der Waals surface area contributed by atoms with E-state index in [2.05, 4.69) is 10.4 Å². The SMILES string of the molecule is CC(C)c1cc(C(N)=O)cc(NN)n1. The Labute approximate surface area is 82.5 Å². The predicted octanol–water partition coefficient (Wildman–Crippen LogP) is 0.590. The number of nitrogen functional groups attached to an aromatic ring is 1. The van der Waals surface area contributed by atoms with Gasteiger partial charge in [0, 0.05) is 11.3 Å². The lowest BCUT2D eigenvalue weighted by atomic mass is 10.1. The second-order valence-corrected chi connectivity index (χ2v) is 3.33. The first-order chi connectivity index (χ1) is 6.54. The fraction of sp³-hybridized carbons (Fsp3) is 0.333. The molecule has 1 aromatic rings. The van der Waals surface area contributed by atoms with Crippen LogP contribution in [0.5, 0.6) is 0 Å². The zero-order valence-electron chi connectivity index (χ0n) is 8.24. The van der Waals surface area contributed by atoms with Crippen LogP contribution in [0, 0.1) is 0 Å². The zero-order valence-corrected chi connectivity index (χ0v) is 8.24. The van der Waals surface area contributed by atoms with Gasteiger partial charge in [-0.2, -0.15) is 0 Å². The summed E-state index contributed by atoms with van der Waals surface area (Å²) in [5.74, 6) is 5.42. The van der Waals surface area contributed by atoms with E-state index in [0.717, 1.165) is 5.69 Å². The molecule has 0 fully saturated rings. The van der Waals surface area contributed by atoms with Gasteiger partial charge in [-0.3, -0.25) is 4.79 Å². The summed E-state index contributed by atoms with van der Waals surface area (Å²) in [4.78, 5) is 15.2. The average Bonchev–Trinajstić information content (AvgIpc) is 2.16. The monoisotopic (exact) mass is 194 g/mol. The summed E-state index contributed by atoms with van der Waals surface area (Å²) >= 11 is 0. The van der Waals surface area contributed by atoms with Crippen LogP contribution >= 0.6 is 0 Å². The first kappa shape index (κ1) is 10.5. The minimum atomic E-state index is -0.481. The molecule has 5 nitrogen and oxygen atoms in total. The number of aromatic nitrogens is 1. The smallest absolute Gasteiger partial charge is 0.248 e. The van der Waals surface area contributed by atoms with Gasteiger partial charge in [-0.15, -0.1) is 0 Å². The number of amides is 1. The molecule has 0 radical (unpaired) electrons. The molecule has 0 aliphatic rings. The molecule has 0 aliphatic heterocycles. The van der Waals surface area contributed by atoms with Crippen LogP contribution in [0.1, 0.15) is 35.8 Å². The largest absolute Gasteiger partial charge is 0.366 e. The lowest BCUT2D eigenvalue weighted by Gasteiger charge is -2.08. The second kappa shape index (κ2) is 4.06. The van der Waals surface area contributed by atoms with E-state index in [-0.39, 0.29) is 5.92 Å². The molecule has 1 heterocycles. The van der Waals surface area contributed by atoms with Crippen LogP contribution in [0.25, 0.3) is 0 Å². The van der Waals surface area contributed by atoms with Gasteiger partial charge in [-0.05, 0) is 18.1 Å². The molecule has 0 spiro atoms. The standard InChI is InChI=1S/C9H14N4O/c1-5(2)7-3-6(9(10)14)4-8(12-7)13-11/h3-5H,11H2,1-2H3,(H2,10,14)(H,12,13). The molecule has 0 unspecified atom stereocenters. The van der Waals surface area contributed by atoms with E-state index in [4.69, 9.17) is 11.6 Å². The maximum absolute atomic E-state index is 11.0. The van der Waals surface area contributed by atoms with Crippen molar-refractivity contribution in [2.75, 3.05) is 5.43 Å². The first-order valence-electron chi connectivity index (χ1n) is 4.33. The van der Waals surface area contributed by atoms with Crippen LogP contribution in [-0.4, -0.2) is 10.9 Å². The lowest BCUT2D eigenvalue weighted by molar-refractivity contribution is 0.1000. The molecular weight excluding hydrogens is 180 g/mol. The molecule has 1 aromatic heterocycles. The van der Waals surface area contributed by atoms with E-state index >= 15 is 0 Å². The number of rotatable bonds is 3. The van der Waals surface area contributed by atoms with Crippen LogP contribution in [0.3, 0.4) is 0 Å². The Morgan fingerprint density at radius 1 is 1.50 bits per heavy atom. The van der Waals surface area contributed by atoms with Gasteiger partial charge in [0.15, 0.2) is 0 Å². The highest BCUT2D eigenvalue weighted by atomic mass is 16.1. The third-order valence-corrected chi connectivity index (χ3v) is 1.87. The number of primary amides is 1. The number of nitrogens with two attached hydrogens (primary N) is 2. The Bertz CT molecular complexity index is 349. The Morgan fingerprint density at radius 3 is 2.57 bits per heavy atom. The number of nitrogens with one attached hydrogen (secondary N) is 1. The van der Waals surface area contributed by atoms with Gasteiger partial charge in [-0.25, -0.2) is 10.8 Å².